The number of hydrogen-bond donors (Lipinski definition) is 2. The highest BCUT2D eigenvalue weighted by Crippen LogP contribution is 2.20. The number of hydrogen-bond acceptors (Lipinski definition) is 3. The minimum atomic E-state index is -0.453. The molecule has 1 heterocycles. The van der Waals surface area contributed by atoms with Crippen LogP contribution in [-0.4, -0.2) is 47.0 Å². The molecule has 1 unspecified atom stereocenters. The zero-order chi connectivity index (χ0) is 10.4. The van der Waals surface area contributed by atoms with Gasteiger partial charge in [-0.05, 0) is 32.7 Å². The van der Waals surface area contributed by atoms with Gasteiger partial charge in [0.2, 0.25) is 0 Å². The van der Waals surface area contributed by atoms with Gasteiger partial charge in [0.05, 0.1) is 5.60 Å². The number of aliphatic hydroxyl groups is 2. The largest absolute Gasteiger partial charge is 0.396 e. The first-order valence-corrected chi connectivity index (χ1v) is 5.70. The second-order valence-corrected chi connectivity index (χ2v) is 4.66. The lowest BCUT2D eigenvalue weighted by molar-refractivity contribution is 0.0686. The minimum absolute atomic E-state index is 0.318. The fraction of sp³-hybridized carbons (Fsp3) is 1.00. The van der Waals surface area contributed by atoms with Crippen LogP contribution in [0.25, 0.3) is 0 Å². The predicted molar refractivity (Wildman–Crippen MR) is 57.2 cm³/mol. The maximum Gasteiger partial charge on any atom is 0.0758 e. The molecule has 0 aromatic rings. The summed E-state index contributed by atoms with van der Waals surface area (Å²) < 4.78 is 0. The fourth-order valence-corrected chi connectivity index (χ4v) is 2.03. The Morgan fingerprint density at radius 3 is 2.50 bits per heavy atom. The molecule has 0 bridgehead atoms. The zero-order valence-electron chi connectivity index (χ0n) is 9.21. The van der Waals surface area contributed by atoms with E-state index in [1.165, 1.54) is 12.8 Å². The smallest absolute Gasteiger partial charge is 0.0758 e. The number of likely N-dealkylation sites (tertiary alicyclic amines) is 1. The van der Waals surface area contributed by atoms with Crippen LogP contribution in [0.3, 0.4) is 0 Å². The van der Waals surface area contributed by atoms with Crippen molar-refractivity contribution in [2.75, 3.05) is 26.2 Å². The number of β-amino-alcohol motifs (C(OH)–C–C–N with tert-alkyl or cyclic N) is 1. The van der Waals surface area contributed by atoms with Crippen LogP contribution < -0.4 is 0 Å². The average molecular weight is 201 g/mol. The van der Waals surface area contributed by atoms with E-state index in [4.69, 9.17) is 5.11 Å². The van der Waals surface area contributed by atoms with Crippen LogP contribution in [0, 0.1) is 0 Å². The number of unbranched alkanes of at least 4 members (excludes halogenated alkanes) is 3. The summed E-state index contributed by atoms with van der Waals surface area (Å²) in [5.74, 6) is 0. The van der Waals surface area contributed by atoms with Gasteiger partial charge in [0.25, 0.3) is 0 Å². The fourth-order valence-electron chi connectivity index (χ4n) is 2.03. The molecule has 0 aliphatic carbocycles. The summed E-state index contributed by atoms with van der Waals surface area (Å²) in [6, 6.07) is 0. The standard InChI is InChI=1S/C11H23NO2/c1-11(14)6-8-12(10-11)7-4-2-3-5-9-13/h13-14H,2-10H2,1H3. The Labute approximate surface area is 86.7 Å². The van der Waals surface area contributed by atoms with Crippen LogP contribution in [-0.2, 0) is 0 Å². The molecule has 0 spiro atoms. The van der Waals surface area contributed by atoms with E-state index in [1.807, 2.05) is 6.92 Å². The lowest BCUT2D eigenvalue weighted by Crippen LogP contribution is -2.30. The Bertz CT molecular complexity index is 159. The summed E-state index contributed by atoms with van der Waals surface area (Å²) in [7, 11) is 0. The van der Waals surface area contributed by atoms with Gasteiger partial charge in [0.1, 0.15) is 0 Å². The third-order valence-corrected chi connectivity index (χ3v) is 2.91. The molecule has 3 heteroatoms. The lowest BCUT2D eigenvalue weighted by atomic mass is 10.1. The lowest BCUT2D eigenvalue weighted by Gasteiger charge is -2.18. The van der Waals surface area contributed by atoms with Gasteiger partial charge in [-0.1, -0.05) is 12.8 Å². The molecular formula is C11H23NO2. The van der Waals surface area contributed by atoms with Crippen LogP contribution in [0.2, 0.25) is 0 Å². The van der Waals surface area contributed by atoms with Crippen molar-refractivity contribution in [1.29, 1.82) is 0 Å². The maximum absolute atomic E-state index is 9.73. The highest BCUT2D eigenvalue weighted by atomic mass is 16.3. The summed E-state index contributed by atoms with van der Waals surface area (Å²) in [6.07, 6.45) is 5.34. The first-order valence-electron chi connectivity index (χ1n) is 5.70. The first-order chi connectivity index (χ1) is 6.64. The molecular weight excluding hydrogens is 178 g/mol. The Morgan fingerprint density at radius 2 is 1.93 bits per heavy atom. The van der Waals surface area contributed by atoms with Gasteiger partial charge in [-0.15, -0.1) is 0 Å². The summed E-state index contributed by atoms with van der Waals surface area (Å²) in [5, 5.41) is 18.3. The summed E-state index contributed by atoms with van der Waals surface area (Å²) in [5.41, 5.74) is -0.453. The van der Waals surface area contributed by atoms with Gasteiger partial charge in [-0.2, -0.15) is 0 Å². The molecule has 0 amide bonds. The van der Waals surface area contributed by atoms with Crippen molar-refractivity contribution >= 4 is 0 Å². The van der Waals surface area contributed by atoms with E-state index in [2.05, 4.69) is 4.90 Å². The van der Waals surface area contributed by atoms with Gasteiger partial charge >= 0.3 is 0 Å². The average Bonchev–Trinajstić information content (AvgIpc) is 2.45. The monoisotopic (exact) mass is 201 g/mol. The van der Waals surface area contributed by atoms with Crippen LogP contribution in [0.1, 0.15) is 39.0 Å². The Hall–Kier alpha value is -0.120. The number of rotatable bonds is 6. The molecule has 1 aliphatic heterocycles. The van der Waals surface area contributed by atoms with E-state index < -0.39 is 5.60 Å². The summed E-state index contributed by atoms with van der Waals surface area (Å²) in [4.78, 5) is 2.33. The highest BCUT2D eigenvalue weighted by molar-refractivity contribution is 4.85. The molecule has 1 atom stereocenters. The second kappa shape index (κ2) is 5.69. The van der Waals surface area contributed by atoms with Gasteiger partial charge in [0.15, 0.2) is 0 Å². The van der Waals surface area contributed by atoms with Crippen LogP contribution >= 0.6 is 0 Å². The molecule has 2 N–H and O–H groups in total. The Morgan fingerprint density at radius 1 is 1.21 bits per heavy atom. The predicted octanol–water partition coefficient (Wildman–Crippen LogP) is 0.996. The summed E-state index contributed by atoms with van der Waals surface area (Å²) >= 11 is 0. The highest BCUT2D eigenvalue weighted by Gasteiger charge is 2.30. The SMILES string of the molecule is CC1(O)CCN(CCCCCCO)C1. The van der Waals surface area contributed by atoms with Crippen molar-refractivity contribution in [3.63, 3.8) is 0 Å². The first kappa shape index (κ1) is 12.0. The molecule has 1 fully saturated rings. The second-order valence-electron chi connectivity index (χ2n) is 4.66. The third kappa shape index (κ3) is 4.40. The molecule has 0 aromatic carbocycles. The van der Waals surface area contributed by atoms with Crippen LogP contribution in [0.5, 0.6) is 0 Å². The van der Waals surface area contributed by atoms with Crippen molar-refractivity contribution in [2.24, 2.45) is 0 Å². The molecule has 3 nitrogen and oxygen atoms in total. The van der Waals surface area contributed by atoms with Crippen molar-refractivity contribution in [3.05, 3.63) is 0 Å². The molecule has 14 heavy (non-hydrogen) atoms. The van der Waals surface area contributed by atoms with Crippen LogP contribution in [0.15, 0.2) is 0 Å². The van der Waals surface area contributed by atoms with E-state index in [9.17, 15) is 5.11 Å². The van der Waals surface area contributed by atoms with Crippen molar-refractivity contribution in [3.8, 4) is 0 Å². The topological polar surface area (TPSA) is 43.7 Å². The molecule has 1 rings (SSSR count). The molecule has 1 saturated heterocycles. The molecule has 0 saturated carbocycles. The van der Waals surface area contributed by atoms with Gasteiger partial charge in [-0.3, -0.25) is 0 Å². The van der Waals surface area contributed by atoms with Crippen molar-refractivity contribution in [1.82, 2.24) is 4.90 Å². The van der Waals surface area contributed by atoms with E-state index >= 15 is 0 Å². The summed E-state index contributed by atoms with van der Waals surface area (Å²) in [6.45, 7) is 5.19. The third-order valence-electron chi connectivity index (χ3n) is 2.91. The van der Waals surface area contributed by atoms with Crippen molar-refractivity contribution < 1.29 is 10.2 Å². The quantitative estimate of drug-likeness (QED) is 0.630. The molecule has 0 radical (unpaired) electrons. The normalized spacial score (nSPS) is 28.5. The zero-order valence-corrected chi connectivity index (χ0v) is 9.21. The number of aliphatic hydroxyl groups excluding tert-OH is 1. The minimum Gasteiger partial charge on any atom is -0.396 e. The number of nitrogens with zero attached hydrogens (tertiary/aromatic N) is 1. The Balaban J connectivity index is 1.98. The molecule has 84 valence electrons. The van der Waals surface area contributed by atoms with E-state index in [0.29, 0.717) is 6.61 Å². The van der Waals surface area contributed by atoms with E-state index in [1.54, 1.807) is 0 Å². The van der Waals surface area contributed by atoms with Crippen LogP contribution in [0.4, 0.5) is 0 Å². The van der Waals surface area contributed by atoms with Crippen molar-refractivity contribution in [2.45, 2.75) is 44.6 Å². The molecule has 0 aromatic heterocycles. The Kier molecular flexibility index (Phi) is 4.85. The van der Waals surface area contributed by atoms with E-state index in [0.717, 1.165) is 38.9 Å². The van der Waals surface area contributed by atoms with E-state index in [-0.39, 0.29) is 0 Å². The van der Waals surface area contributed by atoms with Gasteiger partial charge in [0, 0.05) is 19.7 Å². The maximum atomic E-state index is 9.73. The molecule has 1 aliphatic rings. The van der Waals surface area contributed by atoms with Gasteiger partial charge < -0.3 is 15.1 Å². The van der Waals surface area contributed by atoms with Gasteiger partial charge in [-0.25, -0.2) is 0 Å².